The number of carbonyl (C=O) groups excluding carboxylic acids is 1. The number of amides is 1. The molecule has 1 unspecified atom stereocenters. The summed E-state index contributed by atoms with van der Waals surface area (Å²) in [5.74, 6) is -4.46. The minimum absolute atomic E-state index is 0.0688. The average molecular weight is 648 g/mol. The zero-order valence-corrected chi connectivity index (χ0v) is 23.4. The molecule has 4 N–H and O–H groups in total. The number of likely N-dealkylation sites (tertiary alicyclic amines) is 2. The van der Waals surface area contributed by atoms with Crippen molar-refractivity contribution in [2.24, 2.45) is 0 Å². The molecule has 2 aromatic rings. The van der Waals surface area contributed by atoms with E-state index in [1.807, 2.05) is 22.6 Å². The smallest absolute Gasteiger partial charge is 0.300 e. The van der Waals surface area contributed by atoms with Crippen LogP contribution in [0.3, 0.4) is 0 Å². The predicted molar refractivity (Wildman–Crippen MR) is 146 cm³/mol. The molecule has 1 atom stereocenters. The normalized spacial score (nSPS) is 18.7. The first-order valence-corrected chi connectivity index (χ1v) is 13.4. The predicted octanol–water partition coefficient (Wildman–Crippen LogP) is 3.80. The number of likely N-dealkylation sites (N-methyl/N-ethyl adjacent to an activating group) is 1. The van der Waals surface area contributed by atoms with Crippen LogP contribution in [0.15, 0.2) is 30.3 Å². The molecule has 0 spiro atoms. The molecule has 1 amide bonds. The van der Waals surface area contributed by atoms with Gasteiger partial charge in [-0.3, -0.25) is 9.59 Å². The molecule has 0 bridgehead atoms. The van der Waals surface area contributed by atoms with Crippen LogP contribution >= 0.6 is 22.6 Å². The number of nitrogens with one attached hydrogen (secondary N) is 2. The van der Waals surface area contributed by atoms with Gasteiger partial charge in [-0.2, -0.15) is 0 Å². The number of piperidine rings is 1. The number of hydrogen-bond donors (Lipinski definition) is 4. The van der Waals surface area contributed by atoms with Gasteiger partial charge in [-0.15, -0.1) is 0 Å². The second-order valence-corrected chi connectivity index (χ2v) is 10.8. The fourth-order valence-electron chi connectivity index (χ4n) is 4.51. The van der Waals surface area contributed by atoms with Gasteiger partial charge in [0.1, 0.15) is 11.4 Å². The first-order valence-electron chi connectivity index (χ1n) is 12.3. The first-order chi connectivity index (χ1) is 17.9. The molecule has 4 rings (SSSR count). The Morgan fingerprint density at radius 1 is 1.16 bits per heavy atom. The average Bonchev–Trinajstić information content (AvgIpc) is 2.85. The summed E-state index contributed by atoms with van der Waals surface area (Å²) in [4.78, 5) is 25.8. The third-order valence-corrected chi connectivity index (χ3v) is 7.12. The van der Waals surface area contributed by atoms with Gasteiger partial charge >= 0.3 is 0 Å². The Labute approximate surface area is 233 Å². The van der Waals surface area contributed by atoms with Gasteiger partial charge in [0.25, 0.3) is 11.9 Å². The van der Waals surface area contributed by atoms with E-state index in [1.165, 1.54) is 23.1 Å². The molecule has 0 saturated carbocycles. The highest BCUT2D eigenvalue weighted by atomic mass is 127. The van der Waals surface area contributed by atoms with E-state index in [2.05, 4.69) is 22.5 Å². The van der Waals surface area contributed by atoms with E-state index in [0.29, 0.717) is 10.1 Å². The number of hydrogen-bond acceptors (Lipinski definition) is 6. The zero-order valence-electron chi connectivity index (χ0n) is 21.2. The summed E-state index contributed by atoms with van der Waals surface area (Å²) < 4.78 is 43.5. The molecule has 2 heterocycles. The first kappa shape index (κ1) is 30.1. The number of nitrogens with zero attached hydrogens (tertiary/aromatic N) is 2. The third kappa shape index (κ3) is 7.80. The van der Waals surface area contributed by atoms with Crippen LogP contribution in [0, 0.1) is 21.0 Å². The molecular weight excluding hydrogens is 616 g/mol. The Morgan fingerprint density at radius 2 is 1.84 bits per heavy atom. The van der Waals surface area contributed by atoms with Gasteiger partial charge in [0.15, 0.2) is 11.6 Å². The molecule has 2 aliphatic rings. The van der Waals surface area contributed by atoms with Crippen molar-refractivity contribution in [3.8, 4) is 0 Å². The van der Waals surface area contributed by atoms with Crippen LogP contribution in [-0.4, -0.2) is 82.8 Å². The van der Waals surface area contributed by atoms with Crippen molar-refractivity contribution in [2.75, 3.05) is 44.6 Å². The lowest BCUT2D eigenvalue weighted by Gasteiger charge is -2.47. The van der Waals surface area contributed by atoms with E-state index < -0.39 is 40.6 Å². The lowest BCUT2D eigenvalue weighted by atomic mass is 9.92. The van der Waals surface area contributed by atoms with Crippen LogP contribution in [0.1, 0.15) is 37.0 Å². The molecule has 0 radical (unpaired) electrons. The Morgan fingerprint density at radius 3 is 2.47 bits per heavy atom. The molecule has 8 nitrogen and oxygen atoms in total. The van der Waals surface area contributed by atoms with Gasteiger partial charge in [-0.05, 0) is 78.9 Å². The van der Waals surface area contributed by atoms with Crippen molar-refractivity contribution in [3.05, 3.63) is 56.9 Å². The van der Waals surface area contributed by atoms with E-state index in [9.17, 15) is 23.1 Å². The summed E-state index contributed by atoms with van der Waals surface area (Å²) >= 11 is 1.94. The summed E-state index contributed by atoms with van der Waals surface area (Å²) in [5, 5.41) is 24.2. The fourth-order valence-corrected chi connectivity index (χ4v) is 4.96. The molecular formula is C26H32F3IN4O4. The highest BCUT2D eigenvalue weighted by molar-refractivity contribution is 14.1. The van der Waals surface area contributed by atoms with Gasteiger partial charge in [0.2, 0.25) is 0 Å². The maximum atomic E-state index is 14.6. The van der Waals surface area contributed by atoms with E-state index >= 15 is 0 Å². The van der Waals surface area contributed by atoms with Crippen LogP contribution < -0.4 is 10.6 Å². The highest BCUT2D eigenvalue weighted by Crippen LogP contribution is 2.31. The summed E-state index contributed by atoms with van der Waals surface area (Å²) in [6, 6.07) is 6.58. The highest BCUT2D eigenvalue weighted by Gasteiger charge is 2.44. The van der Waals surface area contributed by atoms with E-state index in [0.717, 1.165) is 45.5 Å². The number of aliphatic hydroxyl groups is 1. The monoisotopic (exact) mass is 648 g/mol. The molecule has 2 fully saturated rings. The lowest BCUT2D eigenvalue weighted by Crippen LogP contribution is -2.68. The van der Waals surface area contributed by atoms with E-state index in [-0.39, 0.29) is 30.4 Å². The fraction of sp³-hybridized carbons (Fsp3) is 0.462. The van der Waals surface area contributed by atoms with Crippen LogP contribution in [0.25, 0.3) is 0 Å². The van der Waals surface area contributed by atoms with Crippen molar-refractivity contribution < 1.29 is 33.0 Å². The van der Waals surface area contributed by atoms with Crippen molar-refractivity contribution in [2.45, 2.75) is 38.3 Å². The number of aliphatic carboxylic acids is 1. The van der Waals surface area contributed by atoms with Crippen molar-refractivity contribution in [3.63, 3.8) is 0 Å². The summed E-state index contributed by atoms with van der Waals surface area (Å²) in [7, 11) is 0. The number of carboxylic acid groups (broad SMARTS) is 1. The minimum Gasteiger partial charge on any atom is -0.481 e. The topological polar surface area (TPSA) is 105 Å². The molecule has 208 valence electrons. The van der Waals surface area contributed by atoms with Gasteiger partial charge in [-0.1, -0.05) is 6.92 Å². The summed E-state index contributed by atoms with van der Waals surface area (Å²) in [6.45, 7) is 6.68. The van der Waals surface area contributed by atoms with Gasteiger partial charge in [0.05, 0.1) is 30.0 Å². The van der Waals surface area contributed by atoms with Crippen molar-refractivity contribution in [1.82, 2.24) is 15.1 Å². The molecule has 12 heteroatoms. The van der Waals surface area contributed by atoms with Crippen LogP contribution in [0.2, 0.25) is 0 Å². The number of carbonyl (C=O) groups is 2. The van der Waals surface area contributed by atoms with Gasteiger partial charge in [-0.25, -0.2) is 13.2 Å². The number of carboxylic acids is 1. The molecule has 38 heavy (non-hydrogen) atoms. The van der Waals surface area contributed by atoms with Crippen LogP contribution in [0.5, 0.6) is 0 Å². The lowest BCUT2D eigenvalue weighted by molar-refractivity contribution is -0.134. The number of β-amino-alcohol motifs (C(OH)–C–C–N with tert-alkyl or cyclic N) is 1. The van der Waals surface area contributed by atoms with Crippen LogP contribution in [0.4, 0.5) is 24.5 Å². The quantitative estimate of drug-likeness (QED) is 0.339. The van der Waals surface area contributed by atoms with Gasteiger partial charge < -0.3 is 30.6 Å². The third-order valence-electron chi connectivity index (χ3n) is 6.45. The minimum atomic E-state index is -1.26. The standard InChI is InChI=1S/C24H28F3IN4O2.C2H4O2/c1-2-31-9-3-4-16(11-31)29-12-24(34)13-32(14-24)23(33)17-6-7-18(25)21(27)22(17)30-20-8-5-15(28)10-19(20)26;1-2(3)4/h5-8,10,16,29-30,34H,2-4,9,11-14H2,1H3;1H3,(H,3,4). The Bertz CT molecular complexity index is 1160. The zero-order chi connectivity index (χ0) is 28.0. The van der Waals surface area contributed by atoms with Gasteiger partial charge in [0, 0.05) is 29.6 Å². The number of rotatable bonds is 7. The summed E-state index contributed by atoms with van der Waals surface area (Å²) in [6.07, 6.45) is 2.13. The Hall–Kier alpha value is -2.42. The Balaban J connectivity index is 0.000000934. The maximum Gasteiger partial charge on any atom is 0.300 e. The van der Waals surface area contributed by atoms with Crippen molar-refractivity contribution >= 4 is 45.8 Å². The largest absolute Gasteiger partial charge is 0.481 e. The summed E-state index contributed by atoms with van der Waals surface area (Å²) in [5.41, 5.74) is -1.71. The number of benzene rings is 2. The number of anilines is 2. The van der Waals surface area contributed by atoms with E-state index in [4.69, 9.17) is 9.90 Å². The van der Waals surface area contributed by atoms with Crippen molar-refractivity contribution in [1.29, 1.82) is 0 Å². The molecule has 2 aliphatic heterocycles. The molecule has 2 aromatic carbocycles. The number of halogens is 4. The Kier molecular flexibility index (Phi) is 10.4. The molecule has 0 aromatic heterocycles. The maximum absolute atomic E-state index is 14.6. The molecule has 0 aliphatic carbocycles. The van der Waals surface area contributed by atoms with E-state index in [1.54, 1.807) is 6.07 Å². The second-order valence-electron chi connectivity index (χ2n) is 9.55. The SMILES string of the molecule is CC(=O)O.CCN1CCCC(NCC2(O)CN(C(=O)c3ccc(F)c(F)c3Nc3ccc(I)cc3F)C2)C1. The van der Waals surface area contributed by atoms with Crippen LogP contribution in [-0.2, 0) is 4.79 Å². The second kappa shape index (κ2) is 13.1. The molecule has 2 saturated heterocycles.